The second-order valence-electron chi connectivity index (χ2n) is 3.36. The molecule has 16 heavy (non-hydrogen) atoms. The van der Waals surface area contributed by atoms with Crippen molar-refractivity contribution in [2.45, 2.75) is 25.7 Å². The molecule has 0 aliphatic heterocycles. The molecule has 0 bridgehead atoms. The van der Waals surface area contributed by atoms with Crippen molar-refractivity contribution >= 4 is 10.0 Å². The number of rotatable bonds is 5. The number of hydrogen-bond donors (Lipinski definition) is 1. The molecule has 0 radical (unpaired) electrons. The Kier molecular flexibility index (Phi) is 4.32. The number of benzene rings is 1. The van der Waals surface area contributed by atoms with Crippen LogP contribution in [0.2, 0.25) is 0 Å². The lowest BCUT2D eigenvalue weighted by Gasteiger charge is -2.09. The zero-order chi connectivity index (χ0) is 12.2. The Hall–Kier alpha value is -1.07. The Labute approximate surface area is 96.7 Å². The van der Waals surface area contributed by atoms with Crippen LogP contribution in [0.25, 0.3) is 0 Å². The molecule has 1 rings (SSSR count). The summed E-state index contributed by atoms with van der Waals surface area (Å²) in [5.74, 6) is 0.720. The van der Waals surface area contributed by atoms with Gasteiger partial charge < -0.3 is 4.74 Å². The predicted octanol–water partition coefficient (Wildman–Crippen LogP) is 1.69. The standard InChI is InChI=1S/C11H17NO3S/c1-4-12-16(13,14)10-6-7-11(15-5-2)9(3)8-10/h6-8,12H,4-5H2,1-3H3. The van der Waals surface area contributed by atoms with Crippen molar-refractivity contribution in [2.75, 3.05) is 13.2 Å². The molecule has 0 heterocycles. The maximum atomic E-state index is 11.7. The van der Waals surface area contributed by atoms with Gasteiger partial charge in [-0.3, -0.25) is 0 Å². The first kappa shape index (κ1) is 13.0. The third kappa shape index (κ3) is 2.96. The monoisotopic (exact) mass is 243 g/mol. The van der Waals surface area contributed by atoms with Gasteiger partial charge >= 0.3 is 0 Å². The molecule has 0 fully saturated rings. The van der Waals surface area contributed by atoms with E-state index in [0.29, 0.717) is 13.2 Å². The number of ether oxygens (including phenoxy) is 1. The fraction of sp³-hybridized carbons (Fsp3) is 0.455. The molecule has 0 aliphatic rings. The van der Waals surface area contributed by atoms with Crippen LogP contribution in [0.15, 0.2) is 23.1 Å². The van der Waals surface area contributed by atoms with Gasteiger partial charge in [0.15, 0.2) is 0 Å². The molecule has 90 valence electrons. The molecule has 0 unspecified atom stereocenters. The van der Waals surface area contributed by atoms with Gasteiger partial charge in [0.2, 0.25) is 10.0 Å². The summed E-state index contributed by atoms with van der Waals surface area (Å²) in [6.45, 7) is 6.42. The van der Waals surface area contributed by atoms with Gasteiger partial charge in [0.05, 0.1) is 11.5 Å². The lowest BCUT2D eigenvalue weighted by atomic mass is 10.2. The van der Waals surface area contributed by atoms with Crippen molar-refractivity contribution in [3.05, 3.63) is 23.8 Å². The van der Waals surface area contributed by atoms with Gasteiger partial charge in [-0.15, -0.1) is 0 Å². The fourth-order valence-corrected chi connectivity index (χ4v) is 2.51. The molecule has 0 aromatic heterocycles. The normalized spacial score (nSPS) is 11.4. The second-order valence-corrected chi connectivity index (χ2v) is 5.13. The molecule has 1 aromatic rings. The lowest BCUT2D eigenvalue weighted by molar-refractivity contribution is 0.337. The minimum atomic E-state index is -3.37. The zero-order valence-electron chi connectivity index (χ0n) is 9.78. The molecular formula is C11H17NO3S. The summed E-state index contributed by atoms with van der Waals surface area (Å²) >= 11 is 0. The van der Waals surface area contributed by atoms with E-state index in [4.69, 9.17) is 4.74 Å². The van der Waals surface area contributed by atoms with Crippen LogP contribution in [0.3, 0.4) is 0 Å². The molecular weight excluding hydrogens is 226 g/mol. The Balaban J connectivity index is 3.06. The van der Waals surface area contributed by atoms with Crippen LogP contribution in [-0.4, -0.2) is 21.6 Å². The maximum absolute atomic E-state index is 11.7. The Morgan fingerprint density at radius 3 is 2.50 bits per heavy atom. The highest BCUT2D eigenvalue weighted by Crippen LogP contribution is 2.21. The van der Waals surface area contributed by atoms with Crippen molar-refractivity contribution in [1.29, 1.82) is 0 Å². The fourth-order valence-electron chi connectivity index (χ4n) is 1.38. The zero-order valence-corrected chi connectivity index (χ0v) is 10.6. The SMILES string of the molecule is CCNS(=O)(=O)c1ccc(OCC)c(C)c1. The van der Waals surface area contributed by atoms with E-state index >= 15 is 0 Å². The van der Waals surface area contributed by atoms with Gasteiger partial charge in [0, 0.05) is 6.54 Å². The molecule has 1 N–H and O–H groups in total. The number of hydrogen-bond acceptors (Lipinski definition) is 3. The summed E-state index contributed by atoms with van der Waals surface area (Å²) < 4.78 is 31.2. The van der Waals surface area contributed by atoms with Gasteiger partial charge in [-0.1, -0.05) is 6.92 Å². The first-order chi connectivity index (χ1) is 7.51. The van der Waals surface area contributed by atoms with Crippen molar-refractivity contribution in [3.8, 4) is 5.75 Å². The average Bonchev–Trinajstić information content (AvgIpc) is 2.21. The summed E-state index contributed by atoms with van der Waals surface area (Å²) in [4.78, 5) is 0.273. The Bertz CT molecular complexity index is 454. The van der Waals surface area contributed by atoms with Crippen LogP contribution in [0.5, 0.6) is 5.75 Å². The summed E-state index contributed by atoms with van der Waals surface area (Å²) in [5.41, 5.74) is 0.820. The highest BCUT2D eigenvalue weighted by Gasteiger charge is 2.13. The summed E-state index contributed by atoms with van der Waals surface area (Å²) in [6, 6.07) is 4.85. The van der Waals surface area contributed by atoms with Crippen LogP contribution in [0.4, 0.5) is 0 Å². The molecule has 1 aromatic carbocycles. The molecule has 0 atom stereocenters. The maximum Gasteiger partial charge on any atom is 0.240 e. The van der Waals surface area contributed by atoms with E-state index in [1.165, 1.54) is 0 Å². The lowest BCUT2D eigenvalue weighted by Crippen LogP contribution is -2.23. The molecule has 0 saturated heterocycles. The smallest absolute Gasteiger partial charge is 0.240 e. The van der Waals surface area contributed by atoms with Gasteiger partial charge in [0.1, 0.15) is 5.75 Å². The van der Waals surface area contributed by atoms with E-state index in [-0.39, 0.29) is 4.90 Å². The van der Waals surface area contributed by atoms with E-state index in [1.807, 2.05) is 13.8 Å². The molecule has 4 nitrogen and oxygen atoms in total. The number of sulfonamides is 1. The third-order valence-corrected chi connectivity index (χ3v) is 3.63. The summed E-state index contributed by atoms with van der Waals surface area (Å²) in [6.07, 6.45) is 0. The highest BCUT2D eigenvalue weighted by atomic mass is 32.2. The molecule has 5 heteroatoms. The van der Waals surface area contributed by atoms with Crippen LogP contribution in [0, 0.1) is 6.92 Å². The minimum Gasteiger partial charge on any atom is -0.494 e. The topological polar surface area (TPSA) is 55.4 Å². The first-order valence-electron chi connectivity index (χ1n) is 5.24. The van der Waals surface area contributed by atoms with E-state index in [0.717, 1.165) is 11.3 Å². The van der Waals surface area contributed by atoms with E-state index in [1.54, 1.807) is 25.1 Å². The van der Waals surface area contributed by atoms with E-state index in [2.05, 4.69) is 4.72 Å². The second kappa shape index (κ2) is 5.32. The average molecular weight is 243 g/mol. The van der Waals surface area contributed by atoms with Crippen LogP contribution >= 0.6 is 0 Å². The molecule has 0 amide bonds. The number of nitrogens with one attached hydrogen (secondary N) is 1. The van der Waals surface area contributed by atoms with E-state index in [9.17, 15) is 8.42 Å². The van der Waals surface area contributed by atoms with Crippen molar-refractivity contribution in [3.63, 3.8) is 0 Å². The van der Waals surface area contributed by atoms with Gasteiger partial charge in [-0.2, -0.15) is 0 Å². The molecule has 0 saturated carbocycles. The molecule has 0 spiro atoms. The van der Waals surface area contributed by atoms with Crippen molar-refractivity contribution in [2.24, 2.45) is 0 Å². The summed E-state index contributed by atoms with van der Waals surface area (Å²) in [5, 5.41) is 0. The minimum absolute atomic E-state index is 0.273. The largest absolute Gasteiger partial charge is 0.494 e. The van der Waals surface area contributed by atoms with Crippen LogP contribution in [0.1, 0.15) is 19.4 Å². The quantitative estimate of drug-likeness (QED) is 0.856. The highest BCUT2D eigenvalue weighted by molar-refractivity contribution is 7.89. The molecule has 0 aliphatic carbocycles. The van der Waals surface area contributed by atoms with Crippen molar-refractivity contribution in [1.82, 2.24) is 4.72 Å². The van der Waals surface area contributed by atoms with E-state index < -0.39 is 10.0 Å². The van der Waals surface area contributed by atoms with Gasteiger partial charge in [-0.25, -0.2) is 13.1 Å². The Morgan fingerprint density at radius 1 is 1.31 bits per heavy atom. The third-order valence-electron chi connectivity index (χ3n) is 2.09. The van der Waals surface area contributed by atoms with Crippen LogP contribution in [-0.2, 0) is 10.0 Å². The van der Waals surface area contributed by atoms with Crippen molar-refractivity contribution < 1.29 is 13.2 Å². The Morgan fingerprint density at radius 2 is 2.00 bits per heavy atom. The van der Waals surface area contributed by atoms with Gasteiger partial charge in [0.25, 0.3) is 0 Å². The van der Waals surface area contributed by atoms with Gasteiger partial charge in [-0.05, 0) is 37.6 Å². The number of aryl methyl sites for hydroxylation is 1. The predicted molar refractivity (Wildman–Crippen MR) is 63.2 cm³/mol. The first-order valence-corrected chi connectivity index (χ1v) is 6.72. The van der Waals surface area contributed by atoms with Crippen LogP contribution < -0.4 is 9.46 Å². The summed E-state index contributed by atoms with van der Waals surface area (Å²) in [7, 11) is -3.37.